The topological polar surface area (TPSA) is 127 Å². The van der Waals surface area contributed by atoms with Crippen LogP contribution in [0, 0.1) is 12.7 Å². The number of rotatable bonds is 8. The molecule has 0 saturated heterocycles. The van der Waals surface area contributed by atoms with Crippen molar-refractivity contribution in [1.29, 1.82) is 0 Å². The van der Waals surface area contributed by atoms with Crippen LogP contribution in [0.3, 0.4) is 0 Å². The molecule has 0 saturated carbocycles. The van der Waals surface area contributed by atoms with Crippen molar-refractivity contribution in [2.45, 2.75) is 25.8 Å². The van der Waals surface area contributed by atoms with Crippen LogP contribution >= 0.6 is 7.14 Å². The fourth-order valence-corrected chi connectivity index (χ4v) is 3.79. The molecule has 0 bridgehead atoms. The van der Waals surface area contributed by atoms with E-state index in [1.54, 1.807) is 44.6 Å². The van der Waals surface area contributed by atoms with Gasteiger partial charge in [-0.25, -0.2) is 9.07 Å². The van der Waals surface area contributed by atoms with Gasteiger partial charge in [-0.15, -0.1) is 5.10 Å². The predicted molar refractivity (Wildman–Crippen MR) is 117 cm³/mol. The second-order valence-corrected chi connectivity index (χ2v) is 11.0. The van der Waals surface area contributed by atoms with Crippen LogP contribution in [0.15, 0.2) is 42.7 Å². The van der Waals surface area contributed by atoms with Gasteiger partial charge in [0.25, 0.3) is 5.91 Å². The van der Waals surface area contributed by atoms with E-state index in [1.165, 1.54) is 23.0 Å². The first-order valence-electron chi connectivity index (χ1n) is 9.75. The summed E-state index contributed by atoms with van der Waals surface area (Å²) in [7, 11) is -2.50. The maximum Gasteiger partial charge on any atom is 0.305 e. The predicted octanol–water partition coefficient (Wildman–Crippen LogP) is 2.17. The highest BCUT2D eigenvalue weighted by Gasteiger charge is 2.21. The van der Waals surface area contributed by atoms with Crippen LogP contribution in [-0.4, -0.2) is 56.3 Å². The SMILES string of the molecule is Cc1cc(-n2cc(CC(CC(=O)O)NC(=O)c3ccc(P(C)(C)=O)cn3)nn2)ccc1F. The first-order chi connectivity index (χ1) is 15.0. The van der Waals surface area contributed by atoms with Crippen LogP contribution in [0.25, 0.3) is 5.69 Å². The summed E-state index contributed by atoms with van der Waals surface area (Å²) in [5.74, 6) is -1.97. The summed E-state index contributed by atoms with van der Waals surface area (Å²) in [6.45, 7) is 4.84. The second kappa shape index (κ2) is 9.40. The van der Waals surface area contributed by atoms with Crippen LogP contribution in [-0.2, 0) is 15.8 Å². The number of halogens is 1. The molecule has 11 heteroatoms. The maximum absolute atomic E-state index is 13.5. The van der Waals surface area contributed by atoms with Gasteiger partial charge in [-0.05, 0) is 56.1 Å². The largest absolute Gasteiger partial charge is 0.481 e. The molecule has 0 aliphatic heterocycles. The van der Waals surface area contributed by atoms with E-state index < -0.39 is 25.1 Å². The lowest BCUT2D eigenvalue weighted by Gasteiger charge is -2.15. The van der Waals surface area contributed by atoms with E-state index >= 15 is 0 Å². The van der Waals surface area contributed by atoms with Crippen LogP contribution in [0.1, 0.15) is 28.2 Å². The molecule has 0 spiro atoms. The number of aliphatic carboxylic acids is 1. The van der Waals surface area contributed by atoms with Gasteiger partial charge in [-0.2, -0.15) is 0 Å². The third-order valence-corrected chi connectivity index (χ3v) is 6.27. The van der Waals surface area contributed by atoms with Gasteiger partial charge >= 0.3 is 5.97 Å². The third-order valence-electron chi connectivity index (χ3n) is 4.76. The van der Waals surface area contributed by atoms with Crippen molar-refractivity contribution in [1.82, 2.24) is 25.3 Å². The molecule has 0 aliphatic rings. The molecule has 0 radical (unpaired) electrons. The molecule has 2 heterocycles. The Morgan fingerprint density at radius 3 is 2.59 bits per heavy atom. The molecule has 3 aromatic rings. The number of carboxylic acids is 1. The van der Waals surface area contributed by atoms with Gasteiger partial charge in [0.1, 0.15) is 18.7 Å². The number of carboxylic acid groups (broad SMARTS) is 1. The fraction of sp³-hybridized carbons (Fsp3) is 0.286. The minimum absolute atomic E-state index is 0.0861. The summed E-state index contributed by atoms with van der Waals surface area (Å²) < 4.78 is 27.0. The summed E-state index contributed by atoms with van der Waals surface area (Å²) in [4.78, 5) is 27.9. The highest BCUT2D eigenvalue weighted by Crippen LogP contribution is 2.33. The summed E-state index contributed by atoms with van der Waals surface area (Å²) >= 11 is 0. The normalized spacial score (nSPS) is 12.4. The lowest BCUT2D eigenvalue weighted by atomic mass is 10.1. The standard InChI is InChI=1S/C21H23FN5O4P/c1-13-8-16(4-6-18(13)22)27-12-15(25-26-27)9-14(10-20(28)29)24-21(30)19-7-5-17(11-23-19)32(2,3)31/h4-8,11-12,14H,9-10H2,1-3H3,(H,24,30)(H,28,29). The van der Waals surface area contributed by atoms with Crippen LogP contribution in [0.5, 0.6) is 0 Å². The Morgan fingerprint density at radius 1 is 1.25 bits per heavy atom. The molecule has 0 fully saturated rings. The second-order valence-electron chi connectivity index (χ2n) is 7.81. The smallest absolute Gasteiger partial charge is 0.305 e. The molecule has 1 atom stereocenters. The molecule has 1 amide bonds. The molecule has 168 valence electrons. The van der Waals surface area contributed by atoms with Gasteiger partial charge in [0.2, 0.25) is 0 Å². The van der Waals surface area contributed by atoms with Gasteiger partial charge in [-0.3, -0.25) is 14.6 Å². The van der Waals surface area contributed by atoms with Crippen molar-refractivity contribution in [3.8, 4) is 5.69 Å². The van der Waals surface area contributed by atoms with E-state index in [1.807, 2.05) is 0 Å². The highest BCUT2D eigenvalue weighted by atomic mass is 31.2. The Labute approximate surface area is 184 Å². The molecule has 2 N–H and O–H groups in total. The minimum atomic E-state index is -2.50. The number of amides is 1. The molecule has 1 unspecified atom stereocenters. The molecular weight excluding hydrogens is 436 g/mol. The van der Waals surface area contributed by atoms with Crippen LogP contribution < -0.4 is 10.6 Å². The molecule has 2 aromatic heterocycles. The number of aromatic nitrogens is 4. The zero-order valence-electron chi connectivity index (χ0n) is 17.8. The van der Waals surface area contributed by atoms with Crippen molar-refractivity contribution in [2.24, 2.45) is 0 Å². The van der Waals surface area contributed by atoms with Crippen molar-refractivity contribution >= 4 is 24.3 Å². The fourth-order valence-electron chi connectivity index (χ4n) is 3.03. The van der Waals surface area contributed by atoms with E-state index in [4.69, 9.17) is 0 Å². The Bertz CT molecular complexity index is 1190. The Morgan fingerprint density at radius 2 is 2.00 bits per heavy atom. The summed E-state index contributed by atoms with van der Waals surface area (Å²) in [6, 6.07) is 6.77. The Kier molecular flexibility index (Phi) is 6.84. The maximum atomic E-state index is 13.5. The Balaban J connectivity index is 1.73. The van der Waals surface area contributed by atoms with Crippen molar-refractivity contribution in [3.63, 3.8) is 0 Å². The number of aryl methyl sites for hydroxylation is 1. The van der Waals surface area contributed by atoms with Gasteiger partial charge in [0.15, 0.2) is 0 Å². The van der Waals surface area contributed by atoms with Gasteiger partial charge in [-0.1, -0.05) is 5.21 Å². The van der Waals surface area contributed by atoms with Gasteiger partial charge in [0.05, 0.1) is 24.0 Å². The van der Waals surface area contributed by atoms with E-state index in [0.717, 1.165) is 0 Å². The molecule has 9 nitrogen and oxygen atoms in total. The number of hydrogen-bond donors (Lipinski definition) is 2. The summed E-state index contributed by atoms with van der Waals surface area (Å²) in [6.07, 6.45) is 2.78. The van der Waals surface area contributed by atoms with Crippen molar-refractivity contribution in [2.75, 3.05) is 13.3 Å². The van der Waals surface area contributed by atoms with E-state index in [-0.39, 0.29) is 24.4 Å². The highest BCUT2D eigenvalue weighted by molar-refractivity contribution is 7.70. The van der Waals surface area contributed by atoms with Crippen LogP contribution in [0.2, 0.25) is 0 Å². The average molecular weight is 459 g/mol. The van der Waals surface area contributed by atoms with E-state index in [0.29, 0.717) is 22.2 Å². The van der Waals surface area contributed by atoms with Crippen molar-refractivity contribution < 1.29 is 23.7 Å². The number of carbonyl (C=O) groups excluding carboxylic acids is 1. The van der Waals surface area contributed by atoms with E-state index in [2.05, 4.69) is 20.6 Å². The zero-order chi connectivity index (χ0) is 23.5. The number of pyridine rings is 1. The first-order valence-corrected chi connectivity index (χ1v) is 12.3. The lowest BCUT2D eigenvalue weighted by Crippen LogP contribution is -2.38. The number of benzene rings is 1. The summed E-state index contributed by atoms with van der Waals surface area (Å²) in [5.41, 5.74) is 1.61. The third kappa shape index (κ3) is 5.85. The zero-order valence-corrected chi connectivity index (χ0v) is 18.7. The first kappa shape index (κ1) is 23.3. The van der Waals surface area contributed by atoms with Gasteiger partial charge < -0.3 is 15.0 Å². The number of nitrogens with one attached hydrogen (secondary N) is 1. The van der Waals surface area contributed by atoms with Crippen LogP contribution in [0.4, 0.5) is 4.39 Å². The number of hydrogen-bond acceptors (Lipinski definition) is 6. The number of carbonyl (C=O) groups is 2. The monoisotopic (exact) mass is 459 g/mol. The Hall–Kier alpha value is -3.39. The van der Waals surface area contributed by atoms with Gasteiger partial charge in [0, 0.05) is 24.0 Å². The average Bonchev–Trinajstić information content (AvgIpc) is 3.17. The molecule has 1 aromatic carbocycles. The lowest BCUT2D eigenvalue weighted by molar-refractivity contribution is -0.137. The molecule has 0 aliphatic carbocycles. The van der Waals surface area contributed by atoms with Crippen molar-refractivity contribution in [3.05, 3.63) is 65.5 Å². The quantitative estimate of drug-likeness (QED) is 0.494. The molecule has 32 heavy (non-hydrogen) atoms. The molecule has 3 rings (SSSR count). The minimum Gasteiger partial charge on any atom is -0.481 e. The molecular formula is C21H23FN5O4P. The number of nitrogens with zero attached hydrogens (tertiary/aromatic N) is 4. The van der Waals surface area contributed by atoms with E-state index in [9.17, 15) is 23.7 Å². The summed E-state index contributed by atoms with van der Waals surface area (Å²) in [5, 5.41) is 20.5.